The maximum Gasteiger partial charge on any atom is 0.243 e. The van der Waals surface area contributed by atoms with E-state index in [1.807, 2.05) is 29.0 Å². The Morgan fingerprint density at radius 2 is 2.00 bits per heavy atom. The lowest BCUT2D eigenvalue weighted by atomic mass is 10.0. The Hall–Kier alpha value is -2.17. The fourth-order valence-electron chi connectivity index (χ4n) is 3.34. The van der Waals surface area contributed by atoms with Gasteiger partial charge in [-0.25, -0.2) is 4.98 Å². The second kappa shape index (κ2) is 6.94. The molecule has 0 bridgehead atoms. The Balaban J connectivity index is 1.87. The summed E-state index contributed by atoms with van der Waals surface area (Å²) >= 11 is 0. The zero-order valence-electron chi connectivity index (χ0n) is 13.8. The molecule has 0 aromatic carbocycles. The van der Waals surface area contributed by atoms with Crippen LogP contribution in [0.1, 0.15) is 45.6 Å². The van der Waals surface area contributed by atoms with E-state index >= 15 is 0 Å². The smallest absolute Gasteiger partial charge is 0.243 e. The highest BCUT2D eigenvalue weighted by molar-refractivity contribution is 5.81. The molecule has 1 fully saturated rings. The summed E-state index contributed by atoms with van der Waals surface area (Å²) in [7, 11) is 0. The molecular formula is C18H24N4O. The van der Waals surface area contributed by atoms with Crippen molar-refractivity contribution in [1.29, 1.82) is 0 Å². The largest absolute Gasteiger partial charge is 0.352 e. The molecule has 1 atom stereocenters. The van der Waals surface area contributed by atoms with Crippen LogP contribution in [0.5, 0.6) is 0 Å². The summed E-state index contributed by atoms with van der Waals surface area (Å²) in [6, 6.07) is 5.79. The van der Waals surface area contributed by atoms with Gasteiger partial charge in [0.1, 0.15) is 11.7 Å². The lowest BCUT2D eigenvalue weighted by Gasteiger charge is -2.25. The molecule has 1 aliphatic rings. The number of amides is 1. The van der Waals surface area contributed by atoms with Crippen LogP contribution in [0.4, 0.5) is 0 Å². The molecule has 1 N–H and O–H groups in total. The van der Waals surface area contributed by atoms with Gasteiger partial charge in [0.2, 0.25) is 5.91 Å². The Morgan fingerprint density at radius 3 is 2.65 bits per heavy atom. The quantitative estimate of drug-likeness (QED) is 0.922. The van der Waals surface area contributed by atoms with Gasteiger partial charge in [0.25, 0.3) is 0 Å². The molecule has 5 nitrogen and oxygen atoms in total. The number of imidazole rings is 1. The van der Waals surface area contributed by atoms with Crippen molar-refractivity contribution in [3.05, 3.63) is 36.8 Å². The van der Waals surface area contributed by atoms with E-state index in [-0.39, 0.29) is 17.9 Å². The predicted molar refractivity (Wildman–Crippen MR) is 89.7 cm³/mol. The van der Waals surface area contributed by atoms with Gasteiger partial charge < -0.3 is 9.88 Å². The minimum atomic E-state index is -0.268. The second-order valence-corrected chi connectivity index (χ2v) is 6.55. The van der Waals surface area contributed by atoms with Crippen LogP contribution in [0.25, 0.3) is 11.5 Å². The maximum absolute atomic E-state index is 12.8. The summed E-state index contributed by atoms with van der Waals surface area (Å²) in [6.07, 6.45) is 9.97. The first kappa shape index (κ1) is 15.7. The molecule has 0 spiro atoms. The van der Waals surface area contributed by atoms with Crippen molar-refractivity contribution >= 4 is 5.91 Å². The molecule has 0 saturated heterocycles. The Morgan fingerprint density at radius 1 is 1.22 bits per heavy atom. The number of pyridine rings is 1. The monoisotopic (exact) mass is 312 g/mol. The van der Waals surface area contributed by atoms with E-state index in [0.29, 0.717) is 6.04 Å². The Labute approximate surface area is 137 Å². The maximum atomic E-state index is 12.8. The number of carbonyl (C=O) groups excluding carboxylic acids is 1. The number of aromatic nitrogens is 3. The van der Waals surface area contributed by atoms with Crippen LogP contribution in [0, 0.1) is 5.92 Å². The standard InChI is InChI=1S/C18H24N4O/c1-13(2)16(18(23)21-14-7-3-4-8-14)22-12-11-20-17(22)15-9-5-6-10-19-15/h5-6,9-14,16H,3-4,7-8H2,1-2H3,(H,21,23). The predicted octanol–water partition coefficient (Wildman–Crippen LogP) is 3.20. The SMILES string of the molecule is CC(C)C(C(=O)NC1CCCC1)n1ccnc1-c1ccccn1. The molecule has 0 aliphatic heterocycles. The van der Waals surface area contributed by atoms with Crippen LogP contribution >= 0.6 is 0 Å². The van der Waals surface area contributed by atoms with Crippen LogP contribution in [0.15, 0.2) is 36.8 Å². The van der Waals surface area contributed by atoms with Gasteiger partial charge in [0.15, 0.2) is 5.82 Å². The first-order chi connectivity index (χ1) is 11.2. The minimum Gasteiger partial charge on any atom is -0.352 e. The fourth-order valence-corrected chi connectivity index (χ4v) is 3.34. The first-order valence-electron chi connectivity index (χ1n) is 8.41. The van der Waals surface area contributed by atoms with Gasteiger partial charge in [-0.1, -0.05) is 32.8 Å². The second-order valence-electron chi connectivity index (χ2n) is 6.55. The molecule has 3 rings (SSSR count). The van der Waals surface area contributed by atoms with Gasteiger partial charge in [-0.2, -0.15) is 0 Å². The molecule has 2 heterocycles. The first-order valence-corrected chi connectivity index (χ1v) is 8.41. The summed E-state index contributed by atoms with van der Waals surface area (Å²) in [6.45, 7) is 4.14. The van der Waals surface area contributed by atoms with Gasteiger partial charge in [-0.3, -0.25) is 9.78 Å². The van der Waals surface area contributed by atoms with Gasteiger partial charge in [0, 0.05) is 24.6 Å². The molecule has 23 heavy (non-hydrogen) atoms. The molecule has 1 unspecified atom stereocenters. The number of rotatable bonds is 5. The highest BCUT2D eigenvalue weighted by Gasteiger charge is 2.29. The van der Waals surface area contributed by atoms with E-state index in [1.54, 1.807) is 12.4 Å². The lowest BCUT2D eigenvalue weighted by Crippen LogP contribution is -2.40. The van der Waals surface area contributed by atoms with Crippen LogP contribution in [0.3, 0.4) is 0 Å². The molecule has 122 valence electrons. The Bertz CT molecular complexity index is 644. The van der Waals surface area contributed by atoms with E-state index < -0.39 is 0 Å². The number of hydrogen-bond donors (Lipinski definition) is 1. The third-order valence-corrected chi connectivity index (χ3v) is 4.46. The van der Waals surface area contributed by atoms with Crippen LogP contribution in [0.2, 0.25) is 0 Å². The molecule has 5 heteroatoms. The topological polar surface area (TPSA) is 59.8 Å². The Kier molecular flexibility index (Phi) is 4.74. The third kappa shape index (κ3) is 3.44. The van der Waals surface area contributed by atoms with E-state index in [2.05, 4.69) is 29.1 Å². The average molecular weight is 312 g/mol. The summed E-state index contributed by atoms with van der Waals surface area (Å²) in [5.41, 5.74) is 0.789. The van der Waals surface area contributed by atoms with Gasteiger partial charge in [-0.15, -0.1) is 0 Å². The summed E-state index contributed by atoms with van der Waals surface area (Å²) in [5, 5.41) is 3.22. The van der Waals surface area contributed by atoms with Crippen LogP contribution in [-0.2, 0) is 4.79 Å². The average Bonchev–Trinajstić information content (AvgIpc) is 3.20. The van der Waals surface area contributed by atoms with Crippen molar-refractivity contribution in [1.82, 2.24) is 19.9 Å². The van der Waals surface area contributed by atoms with Crippen molar-refractivity contribution in [3.63, 3.8) is 0 Å². The van der Waals surface area contributed by atoms with Crippen molar-refractivity contribution in [2.45, 2.75) is 51.6 Å². The highest BCUT2D eigenvalue weighted by atomic mass is 16.2. The van der Waals surface area contributed by atoms with Crippen molar-refractivity contribution in [2.75, 3.05) is 0 Å². The molecule has 0 radical (unpaired) electrons. The normalized spacial score (nSPS) is 16.7. The summed E-state index contributed by atoms with van der Waals surface area (Å²) in [4.78, 5) is 21.6. The number of carbonyl (C=O) groups is 1. The van der Waals surface area contributed by atoms with Gasteiger partial charge in [-0.05, 0) is 30.9 Å². The van der Waals surface area contributed by atoms with Crippen molar-refractivity contribution < 1.29 is 4.79 Å². The fraction of sp³-hybridized carbons (Fsp3) is 0.500. The van der Waals surface area contributed by atoms with Crippen LogP contribution in [-0.4, -0.2) is 26.5 Å². The number of nitrogens with zero attached hydrogens (tertiary/aromatic N) is 3. The molecule has 2 aromatic rings. The minimum absolute atomic E-state index is 0.0853. The molecule has 2 aromatic heterocycles. The zero-order valence-corrected chi connectivity index (χ0v) is 13.8. The number of nitrogens with one attached hydrogen (secondary N) is 1. The van der Waals surface area contributed by atoms with Crippen LogP contribution < -0.4 is 5.32 Å². The third-order valence-electron chi connectivity index (χ3n) is 4.46. The van der Waals surface area contributed by atoms with Gasteiger partial charge in [0.05, 0.1) is 0 Å². The molecule has 1 saturated carbocycles. The van der Waals surface area contributed by atoms with E-state index in [9.17, 15) is 4.79 Å². The van der Waals surface area contributed by atoms with E-state index in [1.165, 1.54) is 12.8 Å². The lowest BCUT2D eigenvalue weighted by molar-refractivity contribution is -0.126. The molecule has 1 amide bonds. The van der Waals surface area contributed by atoms with E-state index in [0.717, 1.165) is 24.4 Å². The van der Waals surface area contributed by atoms with Crippen molar-refractivity contribution in [3.8, 4) is 11.5 Å². The highest BCUT2D eigenvalue weighted by Crippen LogP contribution is 2.26. The molecule has 1 aliphatic carbocycles. The van der Waals surface area contributed by atoms with Crippen molar-refractivity contribution in [2.24, 2.45) is 5.92 Å². The van der Waals surface area contributed by atoms with Gasteiger partial charge >= 0.3 is 0 Å². The van der Waals surface area contributed by atoms with E-state index in [4.69, 9.17) is 0 Å². The summed E-state index contributed by atoms with van der Waals surface area (Å²) < 4.78 is 1.96. The number of hydrogen-bond acceptors (Lipinski definition) is 3. The summed E-state index contributed by atoms with van der Waals surface area (Å²) in [5.74, 6) is 1.00. The molecular weight excluding hydrogens is 288 g/mol. The zero-order chi connectivity index (χ0) is 16.2.